The van der Waals surface area contributed by atoms with Gasteiger partial charge in [0, 0.05) is 12.1 Å². The lowest BCUT2D eigenvalue weighted by molar-refractivity contribution is -0.385. The third-order valence-corrected chi connectivity index (χ3v) is 3.63. The van der Waals surface area contributed by atoms with Crippen LogP contribution in [0.3, 0.4) is 0 Å². The quantitative estimate of drug-likeness (QED) is 0.426. The minimum absolute atomic E-state index is 0.0817. The maximum Gasteiger partial charge on any atom is 0.338 e. The summed E-state index contributed by atoms with van der Waals surface area (Å²) in [6, 6.07) is 2.87. The highest BCUT2D eigenvalue weighted by atomic mass is 79.9. The molecule has 0 aliphatic carbocycles. The molecule has 0 saturated heterocycles. The Balaban J connectivity index is 2.57. The summed E-state index contributed by atoms with van der Waals surface area (Å²) in [6.07, 6.45) is 0.693. The highest BCUT2D eigenvalue weighted by Crippen LogP contribution is 2.25. The van der Waals surface area contributed by atoms with E-state index < -0.39 is 29.4 Å². The second-order valence-electron chi connectivity index (χ2n) is 4.83. The van der Waals surface area contributed by atoms with Crippen molar-refractivity contribution < 1.29 is 24.0 Å². The monoisotopic (exact) mass is 401 g/mol. The number of carbonyl (C=O) groups is 3. The number of nitro groups is 1. The summed E-state index contributed by atoms with van der Waals surface area (Å²) in [6.45, 7) is 2.95. The van der Waals surface area contributed by atoms with E-state index in [0.29, 0.717) is 6.42 Å². The van der Waals surface area contributed by atoms with Crippen LogP contribution in [0.2, 0.25) is 0 Å². The molecule has 1 rings (SSSR count). The average molecular weight is 402 g/mol. The summed E-state index contributed by atoms with van der Waals surface area (Å²) >= 11 is 2.99. The average Bonchev–Trinajstić information content (AvgIpc) is 2.52. The van der Waals surface area contributed by atoms with E-state index in [-0.39, 0.29) is 21.8 Å². The Morgan fingerprint density at radius 1 is 1.38 bits per heavy atom. The van der Waals surface area contributed by atoms with Crippen molar-refractivity contribution in [2.45, 2.75) is 26.3 Å². The third kappa shape index (κ3) is 5.95. The number of nitrogens with one attached hydrogen (secondary N) is 2. The Kier molecular flexibility index (Phi) is 7.31. The number of nitro benzene ring substituents is 1. The summed E-state index contributed by atoms with van der Waals surface area (Å²) in [4.78, 5) is 44.9. The van der Waals surface area contributed by atoms with Gasteiger partial charge in [0.1, 0.15) is 0 Å². The van der Waals surface area contributed by atoms with Gasteiger partial charge in [-0.15, -0.1) is 0 Å². The van der Waals surface area contributed by atoms with E-state index in [1.807, 2.05) is 12.2 Å². The van der Waals surface area contributed by atoms with Gasteiger partial charge in [-0.25, -0.2) is 9.59 Å². The molecule has 0 radical (unpaired) electrons. The molecule has 2 N–H and O–H groups in total. The molecule has 0 spiro atoms. The first-order valence-electron chi connectivity index (χ1n) is 6.96. The lowest BCUT2D eigenvalue weighted by Gasteiger charge is -2.11. The molecule has 24 heavy (non-hydrogen) atoms. The number of hydrogen-bond acceptors (Lipinski definition) is 6. The van der Waals surface area contributed by atoms with Gasteiger partial charge in [0.25, 0.3) is 11.6 Å². The number of amides is 3. The van der Waals surface area contributed by atoms with Crippen molar-refractivity contribution in [2.24, 2.45) is 0 Å². The smallest absolute Gasteiger partial charge is 0.338 e. The normalized spacial score (nSPS) is 11.3. The van der Waals surface area contributed by atoms with Crippen molar-refractivity contribution in [3.63, 3.8) is 0 Å². The zero-order chi connectivity index (χ0) is 18.3. The number of carbonyl (C=O) groups excluding carboxylic acids is 3. The predicted octanol–water partition coefficient (Wildman–Crippen LogP) is 2.14. The lowest BCUT2D eigenvalue weighted by atomic mass is 10.2. The number of hydrogen-bond donors (Lipinski definition) is 2. The molecule has 0 aromatic heterocycles. The van der Waals surface area contributed by atoms with E-state index in [4.69, 9.17) is 4.74 Å². The number of ether oxygens (including phenoxy) is 1. The summed E-state index contributed by atoms with van der Waals surface area (Å²) in [5.74, 6) is -1.72. The summed E-state index contributed by atoms with van der Waals surface area (Å²) in [5.41, 5.74) is -0.386. The number of benzene rings is 1. The van der Waals surface area contributed by atoms with Crippen LogP contribution in [0.5, 0.6) is 0 Å². The van der Waals surface area contributed by atoms with E-state index in [1.165, 1.54) is 12.1 Å². The molecule has 9 nitrogen and oxygen atoms in total. The fraction of sp³-hybridized carbons (Fsp3) is 0.357. The SMILES string of the molecule is CC[C@H](C)NC(=O)NC(=O)COC(=O)c1ccc(Br)c([N+](=O)[O-])c1. The van der Waals surface area contributed by atoms with Gasteiger partial charge in [-0.1, -0.05) is 6.92 Å². The van der Waals surface area contributed by atoms with Gasteiger partial charge in [-0.05, 0) is 41.4 Å². The first-order chi connectivity index (χ1) is 11.2. The van der Waals surface area contributed by atoms with E-state index in [2.05, 4.69) is 21.2 Å². The fourth-order valence-corrected chi connectivity index (χ4v) is 1.91. The van der Waals surface area contributed by atoms with Crippen molar-refractivity contribution in [1.29, 1.82) is 0 Å². The molecular formula is C14H16BrN3O6. The van der Waals surface area contributed by atoms with Crippen LogP contribution in [-0.4, -0.2) is 35.5 Å². The number of esters is 1. The van der Waals surface area contributed by atoms with Gasteiger partial charge in [0.05, 0.1) is 15.0 Å². The third-order valence-electron chi connectivity index (χ3n) is 2.96. The minimum Gasteiger partial charge on any atom is -0.452 e. The number of rotatable bonds is 6. The predicted molar refractivity (Wildman–Crippen MR) is 87.5 cm³/mol. The summed E-state index contributed by atoms with van der Waals surface area (Å²) < 4.78 is 4.94. The van der Waals surface area contributed by atoms with E-state index in [0.717, 1.165) is 6.07 Å². The van der Waals surface area contributed by atoms with Crippen LogP contribution in [0.4, 0.5) is 10.5 Å². The van der Waals surface area contributed by atoms with Crippen LogP contribution in [-0.2, 0) is 9.53 Å². The number of halogens is 1. The Morgan fingerprint density at radius 2 is 2.04 bits per heavy atom. The van der Waals surface area contributed by atoms with Crippen LogP contribution in [0.1, 0.15) is 30.6 Å². The summed E-state index contributed by atoms with van der Waals surface area (Å²) in [7, 11) is 0. The molecule has 0 saturated carbocycles. The van der Waals surface area contributed by atoms with Crippen LogP contribution in [0.15, 0.2) is 22.7 Å². The molecule has 0 unspecified atom stereocenters. The fourth-order valence-electron chi connectivity index (χ4n) is 1.52. The molecule has 1 aromatic carbocycles. The van der Waals surface area contributed by atoms with Crippen molar-refractivity contribution in [3.8, 4) is 0 Å². The Morgan fingerprint density at radius 3 is 2.62 bits per heavy atom. The molecule has 0 heterocycles. The van der Waals surface area contributed by atoms with Gasteiger partial charge < -0.3 is 10.1 Å². The number of imide groups is 1. The first-order valence-corrected chi connectivity index (χ1v) is 7.75. The van der Waals surface area contributed by atoms with Crippen molar-refractivity contribution >= 4 is 39.5 Å². The molecule has 10 heteroatoms. The lowest BCUT2D eigenvalue weighted by Crippen LogP contribution is -2.44. The van der Waals surface area contributed by atoms with Crippen LogP contribution in [0.25, 0.3) is 0 Å². The van der Waals surface area contributed by atoms with Gasteiger partial charge >= 0.3 is 12.0 Å². The Bertz CT molecular complexity index is 664. The molecule has 0 aliphatic heterocycles. The zero-order valence-corrected chi connectivity index (χ0v) is 14.6. The van der Waals surface area contributed by atoms with Crippen molar-refractivity contribution in [2.75, 3.05) is 6.61 Å². The molecule has 0 bridgehead atoms. The minimum atomic E-state index is -0.914. The molecule has 0 fully saturated rings. The number of nitrogens with zero attached hydrogens (tertiary/aromatic N) is 1. The largest absolute Gasteiger partial charge is 0.452 e. The maximum atomic E-state index is 11.8. The van der Waals surface area contributed by atoms with Crippen LogP contribution in [0, 0.1) is 10.1 Å². The number of urea groups is 1. The van der Waals surface area contributed by atoms with Crippen molar-refractivity contribution in [3.05, 3.63) is 38.3 Å². The van der Waals surface area contributed by atoms with Gasteiger partial charge in [-0.3, -0.25) is 20.2 Å². The van der Waals surface area contributed by atoms with E-state index in [9.17, 15) is 24.5 Å². The summed E-state index contributed by atoms with van der Waals surface area (Å²) in [5, 5.41) is 15.3. The molecule has 130 valence electrons. The second kappa shape index (κ2) is 8.96. The Labute approximate surface area is 146 Å². The van der Waals surface area contributed by atoms with Gasteiger partial charge in [0.2, 0.25) is 0 Å². The van der Waals surface area contributed by atoms with E-state index >= 15 is 0 Å². The van der Waals surface area contributed by atoms with Crippen LogP contribution >= 0.6 is 15.9 Å². The van der Waals surface area contributed by atoms with Gasteiger partial charge in [0.15, 0.2) is 6.61 Å². The van der Waals surface area contributed by atoms with E-state index in [1.54, 1.807) is 6.92 Å². The molecule has 1 atom stereocenters. The van der Waals surface area contributed by atoms with Crippen molar-refractivity contribution in [1.82, 2.24) is 10.6 Å². The second-order valence-corrected chi connectivity index (χ2v) is 5.68. The Hall–Kier alpha value is -2.49. The topological polar surface area (TPSA) is 128 Å². The zero-order valence-electron chi connectivity index (χ0n) is 13.0. The molecular weight excluding hydrogens is 386 g/mol. The highest BCUT2D eigenvalue weighted by molar-refractivity contribution is 9.10. The molecule has 3 amide bonds. The molecule has 1 aromatic rings. The molecule has 0 aliphatic rings. The maximum absolute atomic E-state index is 11.8. The van der Waals surface area contributed by atoms with Gasteiger partial charge in [-0.2, -0.15) is 0 Å². The highest BCUT2D eigenvalue weighted by Gasteiger charge is 2.18. The first kappa shape index (κ1) is 19.6. The standard InChI is InChI=1S/C14H16BrN3O6/c1-3-8(2)16-14(21)17-12(19)7-24-13(20)9-4-5-10(15)11(6-9)18(22)23/h4-6,8H,3,7H2,1-2H3,(H2,16,17,19,21)/t8-/m0/s1. The van der Waals surface area contributed by atoms with Crippen LogP contribution < -0.4 is 10.6 Å².